The number of carbonyl (C=O) groups excluding carboxylic acids is 2. The van der Waals surface area contributed by atoms with Crippen LogP contribution in [0.1, 0.15) is 121 Å². The van der Waals surface area contributed by atoms with Crippen LogP contribution in [0.5, 0.6) is 5.75 Å². The summed E-state index contributed by atoms with van der Waals surface area (Å²) in [6.07, 6.45) is 15.4. The molecule has 2 aromatic rings. The Labute approximate surface area is 339 Å². The Hall–Kier alpha value is -2.88. The third-order valence-corrected chi connectivity index (χ3v) is 18.8. The van der Waals surface area contributed by atoms with Crippen molar-refractivity contribution in [1.29, 1.82) is 0 Å². The smallest absolute Gasteiger partial charge is 0.410 e. The van der Waals surface area contributed by atoms with E-state index in [1.165, 1.54) is 49.9 Å². The molecule has 2 aliphatic carbocycles. The number of unbranched alkanes of at least 4 members (excludes halogenated alkanes) is 2. The molecule has 2 heterocycles. The van der Waals surface area contributed by atoms with Crippen LogP contribution in [-0.4, -0.2) is 81.2 Å². The maximum Gasteiger partial charge on any atom is 0.410 e. The molecule has 4 aliphatic rings. The van der Waals surface area contributed by atoms with Crippen molar-refractivity contribution in [3.8, 4) is 5.75 Å². The van der Waals surface area contributed by atoms with Gasteiger partial charge in [0.05, 0.1) is 0 Å². The summed E-state index contributed by atoms with van der Waals surface area (Å²) >= 11 is 0. The molecule has 0 bridgehead atoms. The monoisotopic (exact) mass is 789 g/mol. The zero-order valence-electron chi connectivity index (χ0n) is 35.2. The lowest BCUT2D eigenvalue weighted by Gasteiger charge is -2.40. The van der Waals surface area contributed by atoms with E-state index in [1.54, 1.807) is 0 Å². The van der Waals surface area contributed by atoms with Gasteiger partial charge in [-0.05, 0) is 142 Å². The predicted molar refractivity (Wildman–Crippen MR) is 226 cm³/mol. The average molecular weight is 789 g/mol. The maximum absolute atomic E-state index is 13.7. The van der Waals surface area contributed by atoms with Crippen molar-refractivity contribution in [2.24, 2.45) is 17.8 Å². The fourth-order valence-electron chi connectivity index (χ4n) is 10.5. The molecule has 8 nitrogen and oxygen atoms in total. The van der Waals surface area contributed by atoms with Gasteiger partial charge in [0.25, 0.3) is 0 Å². The molecular weight excluding hydrogens is 717 g/mol. The molecule has 56 heavy (non-hydrogen) atoms. The topological polar surface area (TPSA) is 77.5 Å². The number of benzene rings is 2. The number of hydrogen-bond acceptors (Lipinski definition) is 7. The lowest BCUT2D eigenvalue weighted by molar-refractivity contribution is -0.147. The van der Waals surface area contributed by atoms with E-state index in [0.29, 0.717) is 23.8 Å². The number of rotatable bonds is 19. The van der Waals surface area contributed by atoms with Crippen LogP contribution in [0.2, 0.25) is 18.1 Å². The van der Waals surface area contributed by atoms with E-state index in [4.69, 9.17) is 18.6 Å². The zero-order chi connectivity index (χ0) is 39.3. The van der Waals surface area contributed by atoms with E-state index in [0.717, 1.165) is 107 Å². The molecule has 0 N–H and O–H groups in total. The third-order valence-electron chi connectivity index (χ3n) is 14.1. The first-order valence-electron chi connectivity index (χ1n) is 22.7. The Morgan fingerprint density at radius 3 is 2.30 bits per heavy atom. The van der Waals surface area contributed by atoms with Gasteiger partial charge >= 0.3 is 12.1 Å². The van der Waals surface area contributed by atoms with Crippen LogP contribution >= 0.6 is 0 Å². The van der Waals surface area contributed by atoms with Crippen molar-refractivity contribution in [2.75, 3.05) is 32.8 Å². The SMILES string of the molecule is CCCCC[C@@H](CC[C@@H]1[C@H]2Cc3cccc(OCC(=O)OCc4ccccc4)c3C[C@H]2C[C@H]1O[Si](CC)(CC)CC)OC(=O)N1CCC(N2CCCCC2)CC1. The van der Waals surface area contributed by atoms with Crippen LogP contribution < -0.4 is 4.74 Å². The van der Waals surface area contributed by atoms with Crippen molar-refractivity contribution in [1.82, 2.24) is 9.80 Å². The first-order chi connectivity index (χ1) is 27.3. The molecule has 3 fully saturated rings. The van der Waals surface area contributed by atoms with Crippen molar-refractivity contribution in [3.05, 3.63) is 65.2 Å². The van der Waals surface area contributed by atoms with Gasteiger partial charge in [0.15, 0.2) is 14.9 Å². The quantitative estimate of drug-likeness (QED) is 0.0797. The summed E-state index contributed by atoms with van der Waals surface area (Å²) in [5.41, 5.74) is 3.53. The van der Waals surface area contributed by atoms with Gasteiger partial charge in [-0.1, -0.05) is 89.4 Å². The van der Waals surface area contributed by atoms with Crippen LogP contribution in [0.25, 0.3) is 0 Å². The third kappa shape index (κ3) is 11.2. The number of amides is 1. The van der Waals surface area contributed by atoms with Gasteiger partial charge < -0.3 is 28.4 Å². The number of fused-ring (bicyclic) bond motifs is 2. The lowest BCUT2D eigenvalue weighted by atomic mass is 9.73. The minimum atomic E-state index is -1.86. The highest BCUT2D eigenvalue weighted by molar-refractivity contribution is 6.73. The van der Waals surface area contributed by atoms with Gasteiger partial charge in [-0.2, -0.15) is 0 Å². The van der Waals surface area contributed by atoms with E-state index < -0.39 is 8.32 Å². The minimum absolute atomic E-state index is 0.0587. The van der Waals surface area contributed by atoms with Crippen LogP contribution in [0.3, 0.4) is 0 Å². The van der Waals surface area contributed by atoms with Gasteiger partial charge in [0.1, 0.15) is 18.5 Å². The molecule has 1 saturated carbocycles. The first-order valence-corrected chi connectivity index (χ1v) is 25.2. The van der Waals surface area contributed by atoms with Gasteiger partial charge in [0.2, 0.25) is 0 Å². The molecule has 2 saturated heterocycles. The highest BCUT2D eigenvalue weighted by atomic mass is 28.4. The summed E-state index contributed by atoms with van der Waals surface area (Å²) in [4.78, 5) is 31.1. The van der Waals surface area contributed by atoms with E-state index in [2.05, 4.69) is 44.7 Å². The van der Waals surface area contributed by atoms with E-state index in [-0.39, 0.29) is 37.5 Å². The standard InChI is InChI=1S/C47H72N2O6Si/c1-5-9-12-21-40(54-47(51)49-29-25-39(26-30-49)48-27-15-11-16-28-48)23-24-41-42-31-37-20-17-22-44(52-35-46(50)53-34-36-18-13-10-14-19-36)43(37)32-38(42)33-45(41)55-56(6-2,7-3)8-4/h10,13-14,17-20,22,38-42,45H,5-9,11-12,15-16,21,23-35H2,1-4H3/t38-,40-,41+,42-,45+/m0/s1. The molecule has 1 amide bonds. The number of likely N-dealkylation sites (tertiary alicyclic amines) is 2. The Morgan fingerprint density at radius 1 is 0.839 bits per heavy atom. The molecule has 0 spiro atoms. The molecule has 6 rings (SSSR count). The molecule has 0 radical (unpaired) electrons. The summed E-state index contributed by atoms with van der Waals surface area (Å²) in [6.45, 7) is 13.4. The maximum atomic E-state index is 13.7. The predicted octanol–water partition coefficient (Wildman–Crippen LogP) is 10.4. The molecule has 2 aromatic carbocycles. The normalized spacial score (nSPS) is 23.6. The Kier molecular flexibility index (Phi) is 16.2. The van der Waals surface area contributed by atoms with Gasteiger partial charge in [-0.3, -0.25) is 0 Å². The molecular formula is C47H72N2O6Si. The van der Waals surface area contributed by atoms with Crippen LogP contribution in [0.4, 0.5) is 4.79 Å². The second-order valence-electron chi connectivity index (χ2n) is 17.4. The number of ether oxygens (including phenoxy) is 3. The molecule has 2 aliphatic heterocycles. The fourth-order valence-corrected chi connectivity index (χ4v) is 13.4. The molecule has 310 valence electrons. The zero-order valence-corrected chi connectivity index (χ0v) is 36.2. The van der Waals surface area contributed by atoms with E-state index in [9.17, 15) is 9.59 Å². The molecule has 0 unspecified atom stereocenters. The number of nitrogens with zero attached hydrogens (tertiary/aromatic N) is 2. The van der Waals surface area contributed by atoms with Crippen molar-refractivity contribution in [2.45, 2.75) is 161 Å². The molecule has 5 atom stereocenters. The number of piperidine rings is 2. The van der Waals surface area contributed by atoms with Crippen LogP contribution in [-0.2, 0) is 38.1 Å². The number of carbonyl (C=O) groups is 2. The summed E-state index contributed by atoms with van der Waals surface area (Å²) < 4.78 is 25.6. The van der Waals surface area contributed by atoms with Gasteiger partial charge in [-0.15, -0.1) is 0 Å². The Balaban J connectivity index is 1.11. The minimum Gasteiger partial charge on any atom is -0.482 e. The Bertz CT molecular complexity index is 1500. The molecule has 9 heteroatoms. The average Bonchev–Trinajstić information content (AvgIpc) is 3.58. The lowest BCUT2D eigenvalue weighted by Crippen LogP contribution is -2.48. The second-order valence-corrected chi connectivity index (χ2v) is 22.1. The van der Waals surface area contributed by atoms with Crippen molar-refractivity contribution >= 4 is 20.4 Å². The van der Waals surface area contributed by atoms with Crippen LogP contribution in [0.15, 0.2) is 48.5 Å². The number of esters is 1. The largest absolute Gasteiger partial charge is 0.482 e. The summed E-state index contributed by atoms with van der Waals surface area (Å²) in [5, 5.41) is 0. The van der Waals surface area contributed by atoms with E-state index >= 15 is 0 Å². The fraction of sp³-hybridized carbons (Fsp3) is 0.702. The van der Waals surface area contributed by atoms with Gasteiger partial charge in [-0.25, -0.2) is 9.59 Å². The van der Waals surface area contributed by atoms with Crippen molar-refractivity contribution in [3.63, 3.8) is 0 Å². The highest BCUT2D eigenvalue weighted by Gasteiger charge is 2.48. The highest BCUT2D eigenvalue weighted by Crippen LogP contribution is 2.50. The second kappa shape index (κ2) is 21.2. The van der Waals surface area contributed by atoms with Crippen LogP contribution in [0, 0.1) is 17.8 Å². The first kappa shape index (κ1) is 42.7. The summed E-state index contributed by atoms with van der Waals surface area (Å²) in [5.74, 6) is 1.88. The summed E-state index contributed by atoms with van der Waals surface area (Å²) in [7, 11) is -1.86. The Morgan fingerprint density at radius 2 is 1.59 bits per heavy atom. The summed E-state index contributed by atoms with van der Waals surface area (Å²) in [6, 6.07) is 20.1. The van der Waals surface area contributed by atoms with Crippen molar-refractivity contribution < 1.29 is 28.2 Å². The molecule has 0 aromatic heterocycles. The number of hydrogen-bond donors (Lipinski definition) is 0. The van der Waals surface area contributed by atoms with Gasteiger partial charge in [0, 0.05) is 25.2 Å². The van der Waals surface area contributed by atoms with E-state index in [1.807, 2.05) is 41.3 Å².